The lowest BCUT2D eigenvalue weighted by Crippen LogP contribution is -2.36. The van der Waals surface area contributed by atoms with Crippen molar-refractivity contribution in [3.8, 4) is 11.3 Å². The van der Waals surface area contributed by atoms with Crippen molar-refractivity contribution in [2.75, 3.05) is 30.8 Å². The third kappa shape index (κ3) is 5.31. The molecule has 1 aliphatic rings. The number of hydrogen-bond donors (Lipinski definition) is 3. The van der Waals surface area contributed by atoms with Gasteiger partial charge in [0.25, 0.3) is 5.91 Å². The van der Waals surface area contributed by atoms with Crippen LogP contribution in [0.5, 0.6) is 0 Å². The SMILES string of the molecule is CN1CCC(Nc2ccc(C(=O)Nc3cc(-c4ccc5ccn(Cc6ccccc6)c5c4)n[nH]3)cn2)CC1. The highest BCUT2D eigenvalue weighted by Crippen LogP contribution is 2.26. The summed E-state index contributed by atoms with van der Waals surface area (Å²) in [6.45, 7) is 2.97. The predicted molar refractivity (Wildman–Crippen MR) is 151 cm³/mol. The van der Waals surface area contributed by atoms with Crippen LogP contribution in [0.25, 0.3) is 22.2 Å². The van der Waals surface area contributed by atoms with Crippen molar-refractivity contribution in [1.82, 2.24) is 24.6 Å². The number of benzene rings is 2. The highest BCUT2D eigenvalue weighted by molar-refractivity contribution is 6.03. The van der Waals surface area contributed by atoms with Gasteiger partial charge >= 0.3 is 0 Å². The Hall–Kier alpha value is -4.43. The zero-order valence-corrected chi connectivity index (χ0v) is 21.4. The molecule has 3 N–H and O–H groups in total. The summed E-state index contributed by atoms with van der Waals surface area (Å²) in [6.07, 6.45) is 5.90. The lowest BCUT2D eigenvalue weighted by Gasteiger charge is -2.29. The molecule has 0 bridgehead atoms. The van der Waals surface area contributed by atoms with Crippen molar-refractivity contribution < 1.29 is 4.79 Å². The Labute approximate surface area is 221 Å². The summed E-state index contributed by atoms with van der Waals surface area (Å²) >= 11 is 0. The average molecular weight is 506 g/mol. The van der Waals surface area contributed by atoms with Gasteiger partial charge in [0.05, 0.1) is 11.3 Å². The smallest absolute Gasteiger partial charge is 0.258 e. The van der Waals surface area contributed by atoms with Crippen LogP contribution in [0.15, 0.2) is 85.2 Å². The molecule has 3 aromatic heterocycles. The van der Waals surface area contributed by atoms with Crippen LogP contribution in [0.2, 0.25) is 0 Å². The lowest BCUT2D eigenvalue weighted by molar-refractivity contribution is 0.102. The number of anilines is 2. The number of pyridine rings is 1. The molecule has 1 amide bonds. The fourth-order valence-electron chi connectivity index (χ4n) is 4.96. The highest BCUT2D eigenvalue weighted by atomic mass is 16.1. The zero-order chi connectivity index (χ0) is 25.9. The molecular formula is C30H31N7O. The zero-order valence-electron chi connectivity index (χ0n) is 21.4. The van der Waals surface area contributed by atoms with E-state index in [2.05, 4.69) is 97.1 Å². The number of nitrogens with zero attached hydrogens (tertiary/aromatic N) is 4. The number of aromatic nitrogens is 4. The largest absolute Gasteiger partial charge is 0.367 e. The van der Waals surface area contributed by atoms with Crippen LogP contribution in [0.4, 0.5) is 11.6 Å². The maximum Gasteiger partial charge on any atom is 0.258 e. The molecule has 6 rings (SSSR count). The summed E-state index contributed by atoms with van der Waals surface area (Å²) in [5, 5.41) is 14.9. The highest BCUT2D eigenvalue weighted by Gasteiger charge is 2.17. The van der Waals surface area contributed by atoms with Crippen molar-refractivity contribution in [2.24, 2.45) is 0 Å². The minimum atomic E-state index is -0.231. The quantitative estimate of drug-likeness (QED) is 0.282. The van der Waals surface area contributed by atoms with Crippen molar-refractivity contribution in [2.45, 2.75) is 25.4 Å². The molecule has 8 nitrogen and oxygen atoms in total. The molecule has 4 heterocycles. The van der Waals surface area contributed by atoms with Crippen LogP contribution in [0, 0.1) is 0 Å². The number of hydrogen-bond acceptors (Lipinski definition) is 5. The Morgan fingerprint density at radius 2 is 1.87 bits per heavy atom. The van der Waals surface area contributed by atoms with Gasteiger partial charge in [-0.05, 0) is 68.2 Å². The number of amides is 1. The molecule has 8 heteroatoms. The van der Waals surface area contributed by atoms with Gasteiger partial charge in [-0.2, -0.15) is 5.10 Å². The number of fused-ring (bicyclic) bond motifs is 1. The van der Waals surface area contributed by atoms with Crippen LogP contribution in [0.3, 0.4) is 0 Å². The number of H-pyrrole nitrogens is 1. The second kappa shape index (κ2) is 10.5. The number of likely N-dealkylation sites (tertiary alicyclic amines) is 1. The Bertz CT molecular complexity index is 1530. The lowest BCUT2D eigenvalue weighted by atomic mass is 10.1. The van der Waals surface area contributed by atoms with Crippen LogP contribution >= 0.6 is 0 Å². The van der Waals surface area contributed by atoms with Crippen LogP contribution in [0.1, 0.15) is 28.8 Å². The second-order valence-corrected chi connectivity index (χ2v) is 9.98. The summed E-state index contributed by atoms with van der Waals surface area (Å²) in [5.41, 5.74) is 4.63. The fraction of sp³-hybridized carbons (Fsp3) is 0.233. The third-order valence-electron chi connectivity index (χ3n) is 7.19. The molecule has 1 fully saturated rings. The summed E-state index contributed by atoms with van der Waals surface area (Å²) in [7, 11) is 2.15. The first-order chi connectivity index (χ1) is 18.6. The normalized spacial score (nSPS) is 14.6. The summed E-state index contributed by atoms with van der Waals surface area (Å²) in [4.78, 5) is 19.6. The molecule has 0 unspecified atom stereocenters. The number of nitrogens with one attached hydrogen (secondary N) is 3. The first kappa shape index (κ1) is 23.9. The standard InChI is InChI=1S/C30H31N7O/c1-36-14-12-25(13-15-36)32-28-10-9-24(19-31-28)30(38)33-29-18-26(34-35-29)23-8-7-22-11-16-37(27(22)17-23)20-21-5-3-2-4-6-21/h2-11,16-19,25H,12-15,20H2,1H3,(H,31,32)(H2,33,34,35,38). The summed E-state index contributed by atoms with van der Waals surface area (Å²) < 4.78 is 2.24. The Kier molecular flexibility index (Phi) is 6.62. The van der Waals surface area contributed by atoms with Crippen molar-refractivity contribution in [3.63, 3.8) is 0 Å². The van der Waals surface area contributed by atoms with Crippen molar-refractivity contribution in [1.29, 1.82) is 0 Å². The van der Waals surface area contributed by atoms with Gasteiger partial charge in [0.1, 0.15) is 11.6 Å². The van der Waals surface area contributed by atoms with Crippen molar-refractivity contribution >= 4 is 28.4 Å². The first-order valence-electron chi connectivity index (χ1n) is 13.0. The number of piperidine rings is 1. The number of aromatic amines is 1. The van der Waals surface area contributed by atoms with Gasteiger partial charge in [-0.15, -0.1) is 0 Å². The van der Waals surface area contributed by atoms with E-state index in [9.17, 15) is 4.79 Å². The van der Waals surface area contributed by atoms with E-state index in [4.69, 9.17) is 0 Å². The van der Waals surface area contributed by atoms with Crippen molar-refractivity contribution in [3.05, 3.63) is 96.3 Å². The summed E-state index contributed by atoms with van der Waals surface area (Å²) in [6, 6.07) is 24.8. The molecule has 0 atom stereocenters. The van der Waals surface area contributed by atoms with Gasteiger partial charge in [0, 0.05) is 42.1 Å². The van der Waals surface area contributed by atoms with Gasteiger partial charge in [-0.25, -0.2) is 4.98 Å². The van der Waals surface area contributed by atoms with E-state index in [0.29, 0.717) is 17.4 Å². The number of carbonyl (C=O) groups excluding carboxylic acids is 1. The molecule has 0 aliphatic carbocycles. The van der Waals surface area contributed by atoms with Gasteiger partial charge < -0.3 is 20.1 Å². The summed E-state index contributed by atoms with van der Waals surface area (Å²) in [5.74, 6) is 1.11. The molecule has 0 saturated carbocycles. The molecule has 5 aromatic rings. The topological polar surface area (TPSA) is 90.9 Å². The van der Waals surface area contributed by atoms with Crippen LogP contribution in [-0.4, -0.2) is 56.7 Å². The molecule has 0 spiro atoms. The number of rotatable bonds is 7. The van der Waals surface area contributed by atoms with Crippen LogP contribution < -0.4 is 10.6 Å². The molecule has 1 saturated heterocycles. The first-order valence-corrected chi connectivity index (χ1v) is 13.0. The van der Waals surface area contributed by atoms with Crippen LogP contribution in [-0.2, 0) is 6.54 Å². The van der Waals surface area contributed by atoms with E-state index in [1.165, 1.54) is 10.9 Å². The molecule has 0 radical (unpaired) electrons. The monoisotopic (exact) mass is 505 g/mol. The van der Waals surface area contributed by atoms with Gasteiger partial charge in [-0.1, -0.05) is 42.5 Å². The molecule has 1 aliphatic heterocycles. The molecular weight excluding hydrogens is 474 g/mol. The van der Waals surface area contributed by atoms with Gasteiger partial charge in [0.15, 0.2) is 0 Å². The Morgan fingerprint density at radius 3 is 2.66 bits per heavy atom. The number of carbonyl (C=O) groups is 1. The fourth-order valence-corrected chi connectivity index (χ4v) is 4.96. The third-order valence-corrected chi connectivity index (χ3v) is 7.19. The van der Waals surface area contributed by atoms with Gasteiger partial charge in [0.2, 0.25) is 0 Å². The molecule has 2 aromatic carbocycles. The minimum absolute atomic E-state index is 0.231. The van der Waals surface area contributed by atoms with E-state index < -0.39 is 0 Å². The van der Waals surface area contributed by atoms with E-state index >= 15 is 0 Å². The molecule has 192 valence electrons. The Balaban J connectivity index is 1.12. The average Bonchev–Trinajstić information content (AvgIpc) is 3.58. The maximum absolute atomic E-state index is 12.8. The second-order valence-electron chi connectivity index (χ2n) is 9.98. The Morgan fingerprint density at radius 1 is 1.03 bits per heavy atom. The molecule has 38 heavy (non-hydrogen) atoms. The van der Waals surface area contributed by atoms with E-state index in [-0.39, 0.29) is 5.91 Å². The van der Waals surface area contributed by atoms with E-state index in [1.54, 1.807) is 12.3 Å². The maximum atomic E-state index is 12.8. The van der Waals surface area contributed by atoms with Gasteiger partial charge in [-0.3, -0.25) is 9.89 Å². The predicted octanol–water partition coefficient (Wildman–Crippen LogP) is 5.23. The van der Waals surface area contributed by atoms with E-state index in [1.807, 2.05) is 18.2 Å². The van der Waals surface area contributed by atoms with E-state index in [0.717, 1.165) is 55.1 Å². The minimum Gasteiger partial charge on any atom is -0.367 e.